The van der Waals surface area contributed by atoms with Crippen molar-refractivity contribution < 1.29 is 14.6 Å². The number of aliphatic carboxylic acids is 1. The van der Waals surface area contributed by atoms with Crippen LogP contribution in [0.2, 0.25) is 0 Å². The van der Waals surface area contributed by atoms with Gasteiger partial charge in [0.25, 0.3) is 0 Å². The first kappa shape index (κ1) is 9.35. The first-order valence-corrected chi connectivity index (χ1v) is 5.00. The van der Waals surface area contributed by atoms with Crippen LogP contribution in [-0.2, 0) is 9.53 Å². The van der Waals surface area contributed by atoms with Gasteiger partial charge in [-0.3, -0.25) is 0 Å². The number of ether oxygens (including phenoxy) is 1. The third-order valence-electron chi connectivity index (χ3n) is 2.01. The van der Waals surface area contributed by atoms with Crippen molar-refractivity contribution in [2.24, 2.45) is 0 Å². The van der Waals surface area contributed by atoms with Gasteiger partial charge in [0, 0.05) is 6.54 Å². The third-order valence-corrected chi connectivity index (χ3v) is 2.73. The Morgan fingerprint density at radius 2 is 2.64 bits per heavy atom. The Hall–Kier alpha value is -1.21. The predicted molar refractivity (Wildman–Crippen MR) is 49.5 cm³/mol. The van der Waals surface area contributed by atoms with Crippen molar-refractivity contribution in [3.8, 4) is 0 Å². The molecule has 1 aromatic heterocycles. The maximum atomic E-state index is 10.9. The SMILES string of the molecule is O=C(O)C1COCCN1c1nncs1. The summed E-state index contributed by atoms with van der Waals surface area (Å²) in [6, 6.07) is -0.642. The van der Waals surface area contributed by atoms with Crippen molar-refractivity contribution in [2.45, 2.75) is 6.04 Å². The number of anilines is 1. The Bertz CT molecular complexity index is 316. The lowest BCUT2D eigenvalue weighted by molar-refractivity contribution is -0.141. The Morgan fingerprint density at radius 1 is 1.79 bits per heavy atom. The largest absolute Gasteiger partial charge is 0.480 e. The molecule has 1 aromatic rings. The number of nitrogens with zero attached hydrogens (tertiary/aromatic N) is 3. The molecule has 0 radical (unpaired) electrons. The van der Waals surface area contributed by atoms with E-state index in [4.69, 9.17) is 9.84 Å². The number of rotatable bonds is 2. The van der Waals surface area contributed by atoms with E-state index in [1.807, 2.05) is 0 Å². The number of hydrogen-bond donors (Lipinski definition) is 1. The zero-order chi connectivity index (χ0) is 9.97. The molecule has 0 saturated carbocycles. The molecule has 1 N–H and O–H groups in total. The van der Waals surface area contributed by atoms with E-state index in [0.717, 1.165) is 0 Å². The fraction of sp³-hybridized carbons (Fsp3) is 0.571. The van der Waals surface area contributed by atoms with Gasteiger partial charge in [-0.15, -0.1) is 10.2 Å². The summed E-state index contributed by atoms with van der Waals surface area (Å²) in [5, 5.41) is 17.1. The van der Waals surface area contributed by atoms with E-state index in [1.165, 1.54) is 11.3 Å². The molecule has 1 fully saturated rings. The lowest BCUT2D eigenvalue weighted by Gasteiger charge is -2.31. The molecular weight excluding hydrogens is 206 g/mol. The smallest absolute Gasteiger partial charge is 0.328 e. The first-order valence-electron chi connectivity index (χ1n) is 4.12. The summed E-state index contributed by atoms with van der Waals surface area (Å²) in [4.78, 5) is 12.6. The molecule has 0 spiro atoms. The maximum absolute atomic E-state index is 10.9. The van der Waals surface area contributed by atoms with Gasteiger partial charge in [-0.05, 0) is 0 Å². The summed E-state index contributed by atoms with van der Waals surface area (Å²) >= 11 is 1.34. The number of hydrogen-bond acceptors (Lipinski definition) is 6. The maximum Gasteiger partial charge on any atom is 0.328 e. The van der Waals surface area contributed by atoms with Crippen LogP contribution < -0.4 is 4.90 Å². The number of morpholine rings is 1. The fourth-order valence-electron chi connectivity index (χ4n) is 1.33. The van der Waals surface area contributed by atoms with Crippen molar-refractivity contribution in [1.82, 2.24) is 10.2 Å². The van der Waals surface area contributed by atoms with Gasteiger partial charge in [-0.1, -0.05) is 11.3 Å². The van der Waals surface area contributed by atoms with Crippen LogP contribution in [-0.4, -0.2) is 47.1 Å². The summed E-state index contributed by atoms with van der Waals surface area (Å²) in [6.07, 6.45) is 0. The second kappa shape index (κ2) is 3.89. The van der Waals surface area contributed by atoms with Gasteiger partial charge in [-0.2, -0.15) is 0 Å². The summed E-state index contributed by atoms with van der Waals surface area (Å²) < 4.78 is 5.11. The quantitative estimate of drug-likeness (QED) is 0.738. The van der Waals surface area contributed by atoms with Crippen LogP contribution in [0.1, 0.15) is 0 Å². The van der Waals surface area contributed by atoms with Gasteiger partial charge < -0.3 is 14.7 Å². The minimum atomic E-state index is -0.889. The number of carboxylic acid groups (broad SMARTS) is 1. The molecule has 1 aliphatic heterocycles. The monoisotopic (exact) mass is 215 g/mol. The van der Waals surface area contributed by atoms with E-state index < -0.39 is 12.0 Å². The van der Waals surface area contributed by atoms with E-state index in [1.54, 1.807) is 10.4 Å². The van der Waals surface area contributed by atoms with Crippen LogP contribution in [0.3, 0.4) is 0 Å². The molecule has 2 heterocycles. The predicted octanol–water partition coefficient (Wildman–Crippen LogP) is -0.172. The molecule has 0 aliphatic carbocycles. The molecule has 6 nitrogen and oxygen atoms in total. The van der Waals surface area contributed by atoms with Crippen LogP contribution in [0.15, 0.2) is 5.51 Å². The molecule has 1 atom stereocenters. The number of carboxylic acids is 1. The zero-order valence-corrected chi connectivity index (χ0v) is 8.11. The zero-order valence-electron chi connectivity index (χ0n) is 7.29. The lowest BCUT2D eigenvalue weighted by Crippen LogP contribution is -2.50. The van der Waals surface area contributed by atoms with Gasteiger partial charge in [0.05, 0.1) is 13.2 Å². The first-order chi connectivity index (χ1) is 6.79. The second-order valence-corrected chi connectivity index (χ2v) is 3.66. The van der Waals surface area contributed by atoms with Gasteiger partial charge in [0.15, 0.2) is 6.04 Å². The Kier molecular flexibility index (Phi) is 2.60. The van der Waals surface area contributed by atoms with Gasteiger partial charge in [0.1, 0.15) is 5.51 Å². The average Bonchev–Trinajstić information content (AvgIpc) is 2.70. The molecule has 76 valence electrons. The Balaban J connectivity index is 2.18. The van der Waals surface area contributed by atoms with Crippen molar-refractivity contribution >= 4 is 22.4 Å². The highest BCUT2D eigenvalue weighted by Crippen LogP contribution is 2.20. The van der Waals surface area contributed by atoms with Crippen molar-refractivity contribution in [2.75, 3.05) is 24.7 Å². The molecule has 0 aromatic carbocycles. The molecular formula is C7H9N3O3S. The molecule has 1 unspecified atom stereocenters. The highest BCUT2D eigenvalue weighted by Gasteiger charge is 2.30. The van der Waals surface area contributed by atoms with Crippen molar-refractivity contribution in [3.05, 3.63) is 5.51 Å². The van der Waals surface area contributed by atoms with E-state index in [2.05, 4.69) is 10.2 Å². The van der Waals surface area contributed by atoms with E-state index >= 15 is 0 Å². The summed E-state index contributed by atoms with van der Waals surface area (Å²) in [6.45, 7) is 1.28. The van der Waals surface area contributed by atoms with E-state index in [-0.39, 0.29) is 6.61 Å². The van der Waals surface area contributed by atoms with Gasteiger partial charge >= 0.3 is 5.97 Å². The number of aromatic nitrogens is 2. The van der Waals surface area contributed by atoms with Gasteiger partial charge in [-0.25, -0.2) is 4.79 Å². The van der Waals surface area contributed by atoms with E-state index in [9.17, 15) is 4.79 Å². The standard InChI is InChI=1S/C7H9N3O3S/c11-6(12)5-3-13-2-1-10(5)7-9-8-4-14-7/h4-5H,1-3H2,(H,11,12). The molecule has 1 aliphatic rings. The Morgan fingerprint density at radius 3 is 3.29 bits per heavy atom. The lowest BCUT2D eigenvalue weighted by atomic mass is 10.2. The van der Waals surface area contributed by atoms with Crippen LogP contribution in [0.4, 0.5) is 5.13 Å². The summed E-state index contributed by atoms with van der Waals surface area (Å²) in [5.41, 5.74) is 1.59. The fourth-order valence-corrected chi connectivity index (χ4v) is 1.97. The molecule has 7 heteroatoms. The highest BCUT2D eigenvalue weighted by atomic mass is 32.1. The minimum absolute atomic E-state index is 0.203. The van der Waals surface area contributed by atoms with Crippen molar-refractivity contribution in [3.63, 3.8) is 0 Å². The summed E-state index contributed by atoms with van der Waals surface area (Å²) in [7, 11) is 0. The van der Waals surface area contributed by atoms with Crippen LogP contribution in [0.5, 0.6) is 0 Å². The topological polar surface area (TPSA) is 75.6 Å². The van der Waals surface area contributed by atoms with Crippen molar-refractivity contribution in [1.29, 1.82) is 0 Å². The van der Waals surface area contributed by atoms with Crippen LogP contribution >= 0.6 is 11.3 Å². The molecule has 1 saturated heterocycles. The third kappa shape index (κ3) is 1.68. The highest BCUT2D eigenvalue weighted by molar-refractivity contribution is 7.13. The van der Waals surface area contributed by atoms with Gasteiger partial charge in [0.2, 0.25) is 5.13 Å². The van der Waals surface area contributed by atoms with Crippen LogP contribution in [0.25, 0.3) is 0 Å². The molecule has 2 rings (SSSR count). The molecule has 14 heavy (non-hydrogen) atoms. The molecule has 0 amide bonds. The summed E-state index contributed by atoms with van der Waals surface area (Å²) in [5.74, 6) is -0.889. The molecule has 0 bridgehead atoms. The number of carbonyl (C=O) groups is 1. The van der Waals surface area contributed by atoms with Crippen LogP contribution in [0, 0.1) is 0 Å². The average molecular weight is 215 g/mol. The Labute approximate surface area is 84.1 Å². The normalized spacial score (nSPS) is 22.3. The van der Waals surface area contributed by atoms with E-state index in [0.29, 0.717) is 18.3 Å². The minimum Gasteiger partial charge on any atom is -0.480 e. The second-order valence-electron chi connectivity index (χ2n) is 2.84.